The molecule has 1 aromatic carbocycles. The number of anilines is 1. The van der Waals surface area contributed by atoms with Gasteiger partial charge in [-0.05, 0) is 18.2 Å². The fraction of sp³-hybridized carbons (Fsp3) is 0.143. The third-order valence-corrected chi connectivity index (χ3v) is 3.33. The Bertz CT molecular complexity index is 797. The summed E-state index contributed by atoms with van der Waals surface area (Å²) in [5.41, 5.74) is 2.80. The van der Waals surface area contributed by atoms with Gasteiger partial charge in [0.15, 0.2) is 23.0 Å². The minimum Gasteiger partial charge on any atom is -0.454 e. The second-order valence-corrected chi connectivity index (χ2v) is 4.43. The molecular formula is C14H12N4O2. The largest absolute Gasteiger partial charge is 0.454 e. The fourth-order valence-electron chi connectivity index (χ4n) is 2.37. The van der Waals surface area contributed by atoms with Gasteiger partial charge in [-0.1, -0.05) is 0 Å². The van der Waals surface area contributed by atoms with Crippen molar-refractivity contribution in [1.29, 1.82) is 0 Å². The molecule has 0 bridgehead atoms. The predicted octanol–water partition coefficient (Wildman–Crippen LogP) is 2.17. The summed E-state index contributed by atoms with van der Waals surface area (Å²) in [6.07, 6.45) is 5.47. The number of benzene rings is 1. The zero-order chi connectivity index (χ0) is 13.5. The molecule has 0 amide bonds. The van der Waals surface area contributed by atoms with Gasteiger partial charge in [0, 0.05) is 25.0 Å². The van der Waals surface area contributed by atoms with E-state index >= 15 is 0 Å². The van der Waals surface area contributed by atoms with Gasteiger partial charge in [0.25, 0.3) is 0 Å². The van der Waals surface area contributed by atoms with E-state index in [4.69, 9.17) is 9.47 Å². The number of ether oxygens (including phenoxy) is 2. The monoisotopic (exact) mass is 268 g/mol. The van der Waals surface area contributed by atoms with Crippen molar-refractivity contribution in [2.45, 2.75) is 0 Å². The highest BCUT2D eigenvalue weighted by molar-refractivity contribution is 5.72. The van der Waals surface area contributed by atoms with E-state index in [1.54, 1.807) is 6.20 Å². The maximum Gasteiger partial charge on any atom is 0.231 e. The Balaban J connectivity index is 1.90. The Morgan fingerprint density at radius 3 is 3.00 bits per heavy atom. The summed E-state index contributed by atoms with van der Waals surface area (Å²) in [7, 11) is 1.83. The summed E-state index contributed by atoms with van der Waals surface area (Å²) in [6, 6.07) is 5.87. The topological polar surface area (TPSA) is 60.7 Å². The van der Waals surface area contributed by atoms with Gasteiger partial charge in [-0.3, -0.25) is 4.40 Å². The van der Waals surface area contributed by atoms with E-state index in [-0.39, 0.29) is 6.79 Å². The molecule has 1 aliphatic heterocycles. The summed E-state index contributed by atoms with van der Waals surface area (Å²) >= 11 is 0. The molecule has 3 heterocycles. The van der Waals surface area contributed by atoms with Crippen molar-refractivity contribution in [2.24, 2.45) is 0 Å². The Labute approximate surface area is 115 Å². The number of nitrogens with one attached hydrogen (secondary N) is 1. The van der Waals surface area contributed by atoms with Crippen molar-refractivity contribution < 1.29 is 9.47 Å². The number of aromatic nitrogens is 3. The first kappa shape index (κ1) is 11.1. The highest BCUT2D eigenvalue weighted by Gasteiger charge is 2.16. The number of fused-ring (bicyclic) bond motifs is 2. The summed E-state index contributed by atoms with van der Waals surface area (Å²) in [5.74, 6) is 2.29. The molecule has 20 heavy (non-hydrogen) atoms. The third-order valence-electron chi connectivity index (χ3n) is 3.33. The molecule has 3 aromatic rings. The molecule has 4 rings (SSSR count). The van der Waals surface area contributed by atoms with E-state index in [0.717, 1.165) is 34.2 Å². The van der Waals surface area contributed by atoms with Gasteiger partial charge in [-0.15, -0.1) is 0 Å². The second-order valence-electron chi connectivity index (χ2n) is 4.43. The SMILES string of the molecule is CNc1nccn2c(-c3ccc4c(c3)OCO4)cnc12. The van der Waals surface area contributed by atoms with Crippen LogP contribution in [0.5, 0.6) is 11.5 Å². The lowest BCUT2D eigenvalue weighted by Gasteiger charge is -2.05. The number of imidazole rings is 1. The summed E-state index contributed by atoms with van der Waals surface area (Å²) in [4.78, 5) is 8.68. The van der Waals surface area contributed by atoms with Crippen LogP contribution in [0.15, 0.2) is 36.8 Å². The van der Waals surface area contributed by atoms with Crippen LogP contribution in [0.2, 0.25) is 0 Å². The van der Waals surface area contributed by atoms with Gasteiger partial charge < -0.3 is 14.8 Å². The van der Waals surface area contributed by atoms with Crippen LogP contribution in [0.1, 0.15) is 0 Å². The first-order chi connectivity index (χ1) is 9.86. The van der Waals surface area contributed by atoms with Crippen molar-refractivity contribution >= 4 is 11.5 Å². The Kier molecular flexibility index (Phi) is 2.29. The maximum atomic E-state index is 5.42. The minimum atomic E-state index is 0.278. The van der Waals surface area contributed by atoms with Crippen molar-refractivity contribution in [3.05, 3.63) is 36.8 Å². The number of rotatable bonds is 2. The van der Waals surface area contributed by atoms with Gasteiger partial charge in [-0.2, -0.15) is 0 Å². The van der Waals surface area contributed by atoms with Crippen LogP contribution in [0, 0.1) is 0 Å². The Morgan fingerprint density at radius 2 is 2.10 bits per heavy atom. The molecule has 0 aliphatic carbocycles. The first-order valence-electron chi connectivity index (χ1n) is 6.26. The number of hydrogen-bond donors (Lipinski definition) is 1. The van der Waals surface area contributed by atoms with E-state index in [0.29, 0.717) is 0 Å². The third kappa shape index (κ3) is 1.51. The molecule has 0 radical (unpaired) electrons. The normalized spacial score (nSPS) is 12.8. The van der Waals surface area contributed by atoms with Crippen LogP contribution in [-0.2, 0) is 0 Å². The van der Waals surface area contributed by atoms with E-state index in [1.807, 2.05) is 42.0 Å². The summed E-state index contributed by atoms with van der Waals surface area (Å²) in [5, 5.41) is 3.04. The molecule has 6 heteroatoms. The molecule has 100 valence electrons. The molecule has 1 aliphatic rings. The molecule has 1 N–H and O–H groups in total. The Hall–Kier alpha value is -2.76. The molecule has 0 atom stereocenters. The lowest BCUT2D eigenvalue weighted by Crippen LogP contribution is -1.97. The van der Waals surface area contributed by atoms with Crippen LogP contribution in [0.4, 0.5) is 5.82 Å². The molecule has 0 saturated heterocycles. The highest BCUT2D eigenvalue weighted by Crippen LogP contribution is 2.36. The maximum absolute atomic E-state index is 5.42. The van der Waals surface area contributed by atoms with Gasteiger partial charge >= 0.3 is 0 Å². The molecular weight excluding hydrogens is 256 g/mol. The van der Waals surface area contributed by atoms with Crippen LogP contribution in [0.3, 0.4) is 0 Å². The molecule has 2 aromatic heterocycles. The van der Waals surface area contributed by atoms with Crippen molar-refractivity contribution in [2.75, 3.05) is 19.2 Å². The van der Waals surface area contributed by atoms with E-state index in [9.17, 15) is 0 Å². The molecule has 0 fully saturated rings. The lowest BCUT2D eigenvalue weighted by atomic mass is 10.1. The average molecular weight is 268 g/mol. The van der Waals surface area contributed by atoms with Crippen LogP contribution >= 0.6 is 0 Å². The highest BCUT2D eigenvalue weighted by atomic mass is 16.7. The average Bonchev–Trinajstić information content (AvgIpc) is 3.12. The molecule has 0 unspecified atom stereocenters. The molecule has 6 nitrogen and oxygen atoms in total. The Morgan fingerprint density at radius 1 is 1.20 bits per heavy atom. The molecule has 0 spiro atoms. The predicted molar refractivity (Wildman–Crippen MR) is 74.1 cm³/mol. The summed E-state index contributed by atoms with van der Waals surface area (Å²) in [6.45, 7) is 0.278. The van der Waals surface area contributed by atoms with Gasteiger partial charge in [0.2, 0.25) is 6.79 Å². The molecule has 0 saturated carbocycles. The number of hydrogen-bond acceptors (Lipinski definition) is 5. The van der Waals surface area contributed by atoms with E-state index in [2.05, 4.69) is 15.3 Å². The van der Waals surface area contributed by atoms with Gasteiger partial charge in [0.05, 0.1) is 11.9 Å². The number of nitrogens with zero attached hydrogens (tertiary/aromatic N) is 3. The van der Waals surface area contributed by atoms with Crippen LogP contribution in [0.25, 0.3) is 16.9 Å². The van der Waals surface area contributed by atoms with Crippen molar-refractivity contribution in [3.8, 4) is 22.8 Å². The van der Waals surface area contributed by atoms with Crippen molar-refractivity contribution in [3.63, 3.8) is 0 Å². The van der Waals surface area contributed by atoms with Crippen LogP contribution in [-0.4, -0.2) is 28.2 Å². The van der Waals surface area contributed by atoms with E-state index < -0.39 is 0 Å². The fourth-order valence-corrected chi connectivity index (χ4v) is 2.37. The minimum absolute atomic E-state index is 0.278. The summed E-state index contributed by atoms with van der Waals surface area (Å²) < 4.78 is 12.7. The van der Waals surface area contributed by atoms with Gasteiger partial charge in [0.1, 0.15) is 0 Å². The van der Waals surface area contributed by atoms with E-state index in [1.165, 1.54) is 0 Å². The van der Waals surface area contributed by atoms with Crippen molar-refractivity contribution in [1.82, 2.24) is 14.4 Å². The zero-order valence-corrected chi connectivity index (χ0v) is 10.8. The first-order valence-corrected chi connectivity index (χ1v) is 6.26. The second kappa shape index (κ2) is 4.12. The quantitative estimate of drug-likeness (QED) is 0.771. The smallest absolute Gasteiger partial charge is 0.231 e. The van der Waals surface area contributed by atoms with Crippen LogP contribution < -0.4 is 14.8 Å². The lowest BCUT2D eigenvalue weighted by molar-refractivity contribution is 0.174. The zero-order valence-electron chi connectivity index (χ0n) is 10.8. The standard InChI is InChI=1S/C14H12N4O2/c1-15-13-14-17-7-10(18(14)5-4-16-13)9-2-3-11-12(6-9)20-8-19-11/h2-7H,8H2,1H3,(H,15,16). The van der Waals surface area contributed by atoms with Gasteiger partial charge in [-0.25, -0.2) is 9.97 Å².